The van der Waals surface area contributed by atoms with E-state index in [2.05, 4.69) is 18.4 Å². The molecule has 2 atom stereocenters. The van der Waals surface area contributed by atoms with Crippen molar-refractivity contribution in [1.29, 1.82) is 0 Å². The van der Waals surface area contributed by atoms with E-state index in [0.29, 0.717) is 5.02 Å². The van der Waals surface area contributed by atoms with E-state index >= 15 is 0 Å². The van der Waals surface area contributed by atoms with E-state index in [1.165, 1.54) is 0 Å². The maximum absolute atomic E-state index is 11.5. The number of nitrogens with zero attached hydrogens (tertiary/aromatic N) is 2. The molecule has 1 fully saturated rings. The van der Waals surface area contributed by atoms with Crippen LogP contribution in [0.4, 0.5) is 0 Å². The summed E-state index contributed by atoms with van der Waals surface area (Å²) in [5.41, 5.74) is 1.58. The summed E-state index contributed by atoms with van der Waals surface area (Å²) in [5.74, 6) is -0.309. The minimum absolute atomic E-state index is 0.0522. The third-order valence-corrected chi connectivity index (χ3v) is 4.80. The maximum atomic E-state index is 11.5. The number of carboxylic acids is 1. The highest BCUT2D eigenvalue weighted by Gasteiger charge is 2.64. The van der Waals surface area contributed by atoms with Gasteiger partial charge in [-0.3, -0.25) is 4.79 Å². The molecule has 1 heterocycles. The molecule has 1 aliphatic carbocycles. The van der Waals surface area contributed by atoms with Crippen LogP contribution < -0.4 is 0 Å². The number of imidazole rings is 1. The van der Waals surface area contributed by atoms with E-state index in [1.807, 2.05) is 32.0 Å². The fourth-order valence-electron chi connectivity index (χ4n) is 3.43. The van der Waals surface area contributed by atoms with Crippen molar-refractivity contribution in [3.8, 4) is 0 Å². The van der Waals surface area contributed by atoms with Crippen LogP contribution in [0.15, 0.2) is 18.2 Å². The van der Waals surface area contributed by atoms with Crippen LogP contribution in [0.2, 0.25) is 5.02 Å². The molecular weight excluding hydrogens is 288 g/mol. The Morgan fingerprint density at radius 1 is 1.43 bits per heavy atom. The Balaban J connectivity index is 2.19. The Bertz CT molecular complexity index is 733. The van der Waals surface area contributed by atoms with Gasteiger partial charge in [-0.2, -0.15) is 0 Å². The summed E-state index contributed by atoms with van der Waals surface area (Å²) >= 11 is 6.05. The van der Waals surface area contributed by atoms with Crippen LogP contribution in [-0.2, 0) is 4.79 Å². The SMILES string of the molecule is CC(C)n1c(C2C(C(=O)O)C2(C)C)nc2cc(Cl)ccc21. The van der Waals surface area contributed by atoms with Gasteiger partial charge in [0.15, 0.2) is 0 Å². The van der Waals surface area contributed by atoms with Crippen LogP contribution in [0.1, 0.15) is 45.5 Å². The molecule has 0 spiro atoms. The van der Waals surface area contributed by atoms with E-state index in [4.69, 9.17) is 16.6 Å². The fraction of sp³-hybridized carbons (Fsp3) is 0.500. The van der Waals surface area contributed by atoms with Crippen molar-refractivity contribution in [3.63, 3.8) is 0 Å². The molecule has 0 saturated heterocycles. The van der Waals surface area contributed by atoms with Crippen molar-refractivity contribution >= 4 is 28.6 Å². The zero-order valence-electron chi connectivity index (χ0n) is 12.6. The van der Waals surface area contributed by atoms with Gasteiger partial charge in [0, 0.05) is 17.0 Å². The molecule has 0 amide bonds. The van der Waals surface area contributed by atoms with Crippen molar-refractivity contribution in [3.05, 3.63) is 29.0 Å². The molecule has 0 bridgehead atoms. The largest absolute Gasteiger partial charge is 0.481 e. The van der Waals surface area contributed by atoms with Gasteiger partial charge in [-0.15, -0.1) is 0 Å². The van der Waals surface area contributed by atoms with Gasteiger partial charge in [-0.1, -0.05) is 25.4 Å². The number of benzene rings is 1. The molecule has 0 radical (unpaired) electrons. The van der Waals surface area contributed by atoms with Crippen LogP contribution in [0, 0.1) is 11.3 Å². The van der Waals surface area contributed by atoms with Crippen LogP contribution >= 0.6 is 11.6 Å². The summed E-state index contributed by atoms with van der Waals surface area (Å²) in [4.78, 5) is 16.2. The van der Waals surface area contributed by atoms with Crippen molar-refractivity contribution < 1.29 is 9.90 Å². The number of hydrogen-bond donors (Lipinski definition) is 1. The zero-order valence-corrected chi connectivity index (χ0v) is 13.3. The van der Waals surface area contributed by atoms with Gasteiger partial charge in [0.2, 0.25) is 0 Å². The molecule has 1 aromatic heterocycles. The summed E-state index contributed by atoms with van der Waals surface area (Å²) in [6, 6.07) is 5.86. The lowest BCUT2D eigenvalue weighted by Crippen LogP contribution is -2.08. The molecule has 21 heavy (non-hydrogen) atoms. The molecule has 112 valence electrons. The van der Waals surface area contributed by atoms with E-state index in [0.717, 1.165) is 16.9 Å². The first-order chi connectivity index (χ1) is 9.75. The quantitative estimate of drug-likeness (QED) is 0.929. The second kappa shape index (κ2) is 4.47. The first kappa shape index (κ1) is 14.4. The first-order valence-electron chi connectivity index (χ1n) is 7.15. The van der Waals surface area contributed by atoms with Crippen LogP contribution in [-0.4, -0.2) is 20.6 Å². The molecule has 1 aliphatic rings. The Hall–Kier alpha value is -1.55. The van der Waals surface area contributed by atoms with Crippen LogP contribution in [0.25, 0.3) is 11.0 Å². The van der Waals surface area contributed by atoms with Gasteiger partial charge in [0.25, 0.3) is 0 Å². The molecule has 3 rings (SSSR count). The second-order valence-electron chi connectivity index (χ2n) is 6.68. The Labute approximate surface area is 128 Å². The molecule has 5 heteroatoms. The van der Waals surface area contributed by atoms with Gasteiger partial charge in [-0.05, 0) is 37.5 Å². The van der Waals surface area contributed by atoms with Crippen LogP contribution in [0.3, 0.4) is 0 Å². The average Bonchev–Trinajstić information content (AvgIpc) is 2.76. The van der Waals surface area contributed by atoms with E-state index in [9.17, 15) is 9.90 Å². The molecule has 2 unspecified atom stereocenters. The zero-order chi connectivity index (χ0) is 15.5. The highest BCUT2D eigenvalue weighted by atomic mass is 35.5. The fourth-order valence-corrected chi connectivity index (χ4v) is 3.60. The highest BCUT2D eigenvalue weighted by molar-refractivity contribution is 6.31. The van der Waals surface area contributed by atoms with Crippen molar-refractivity contribution in [1.82, 2.24) is 9.55 Å². The summed E-state index contributed by atoms with van der Waals surface area (Å²) in [6.07, 6.45) is 0. The van der Waals surface area contributed by atoms with Crippen LogP contribution in [0.5, 0.6) is 0 Å². The summed E-state index contributed by atoms with van der Waals surface area (Å²) < 4.78 is 2.14. The molecular formula is C16H19ClN2O2. The van der Waals surface area contributed by atoms with Gasteiger partial charge < -0.3 is 9.67 Å². The summed E-state index contributed by atoms with van der Waals surface area (Å²) in [5, 5.41) is 10.1. The van der Waals surface area contributed by atoms with Gasteiger partial charge in [0.05, 0.1) is 17.0 Å². The van der Waals surface area contributed by atoms with Gasteiger partial charge >= 0.3 is 5.97 Å². The second-order valence-corrected chi connectivity index (χ2v) is 7.12. The normalized spacial score (nSPS) is 23.7. The number of aliphatic carboxylic acids is 1. The monoisotopic (exact) mass is 306 g/mol. The molecule has 1 aromatic carbocycles. The number of hydrogen-bond acceptors (Lipinski definition) is 2. The smallest absolute Gasteiger partial charge is 0.307 e. The number of carboxylic acid groups (broad SMARTS) is 1. The molecule has 2 aromatic rings. The lowest BCUT2D eigenvalue weighted by atomic mass is 10.1. The molecule has 4 nitrogen and oxygen atoms in total. The standard InChI is InChI=1S/C16H19ClN2O2/c1-8(2)19-11-6-5-9(17)7-10(11)18-14(19)12-13(15(20)21)16(12,3)4/h5-8,12-13H,1-4H3,(H,20,21). The van der Waals surface area contributed by atoms with Gasteiger partial charge in [-0.25, -0.2) is 4.98 Å². The number of halogens is 1. The number of fused-ring (bicyclic) bond motifs is 1. The highest BCUT2D eigenvalue weighted by Crippen LogP contribution is 2.64. The van der Waals surface area contributed by atoms with E-state index in [-0.39, 0.29) is 23.3 Å². The first-order valence-corrected chi connectivity index (χ1v) is 7.53. The predicted molar refractivity (Wildman–Crippen MR) is 82.8 cm³/mol. The third kappa shape index (κ3) is 2.04. The topological polar surface area (TPSA) is 55.1 Å². The Morgan fingerprint density at radius 3 is 2.62 bits per heavy atom. The minimum atomic E-state index is -0.745. The lowest BCUT2D eigenvalue weighted by Gasteiger charge is -2.13. The lowest BCUT2D eigenvalue weighted by molar-refractivity contribution is -0.139. The minimum Gasteiger partial charge on any atom is -0.481 e. The van der Waals surface area contributed by atoms with Crippen molar-refractivity contribution in [2.24, 2.45) is 11.3 Å². The molecule has 1 N–H and O–H groups in total. The predicted octanol–water partition coefficient (Wildman–Crippen LogP) is 4.09. The molecule has 0 aliphatic heterocycles. The third-order valence-electron chi connectivity index (χ3n) is 4.57. The number of carbonyl (C=O) groups is 1. The Morgan fingerprint density at radius 2 is 2.10 bits per heavy atom. The average molecular weight is 307 g/mol. The molecule has 1 saturated carbocycles. The number of rotatable bonds is 3. The summed E-state index contributed by atoms with van der Waals surface area (Å²) in [7, 11) is 0. The van der Waals surface area contributed by atoms with Crippen molar-refractivity contribution in [2.75, 3.05) is 0 Å². The van der Waals surface area contributed by atoms with E-state index in [1.54, 1.807) is 0 Å². The Kier molecular flexibility index (Phi) is 3.06. The maximum Gasteiger partial charge on any atom is 0.307 e. The summed E-state index contributed by atoms with van der Waals surface area (Å²) in [6.45, 7) is 8.16. The number of aromatic nitrogens is 2. The van der Waals surface area contributed by atoms with Gasteiger partial charge in [0.1, 0.15) is 5.82 Å². The van der Waals surface area contributed by atoms with E-state index < -0.39 is 5.97 Å². The van der Waals surface area contributed by atoms with Crippen molar-refractivity contribution in [2.45, 2.75) is 39.7 Å².